The first kappa shape index (κ1) is 14.9. The number of aliphatic hydroxyl groups excluding tert-OH is 1. The summed E-state index contributed by atoms with van der Waals surface area (Å²) in [5.41, 5.74) is 0.190. The third-order valence-electron chi connectivity index (χ3n) is 2.33. The van der Waals surface area contributed by atoms with Gasteiger partial charge < -0.3 is 10.4 Å². The zero-order valence-electron chi connectivity index (χ0n) is 10.8. The van der Waals surface area contributed by atoms with E-state index in [1.807, 2.05) is 0 Å². The molecule has 0 aliphatic carbocycles. The van der Waals surface area contributed by atoms with Crippen molar-refractivity contribution in [2.75, 3.05) is 32.8 Å². The van der Waals surface area contributed by atoms with Gasteiger partial charge in [-0.3, -0.25) is 4.90 Å². The smallest absolute Gasteiger partial charge is 0.0558 e. The average Bonchev–Trinajstić information content (AvgIpc) is 2.12. The molecule has 0 amide bonds. The van der Waals surface area contributed by atoms with Crippen LogP contribution in [0, 0.1) is 0 Å². The van der Waals surface area contributed by atoms with E-state index in [1.54, 1.807) is 0 Å². The molecule has 0 aromatic rings. The second-order valence-electron chi connectivity index (χ2n) is 5.10. The lowest BCUT2D eigenvalue weighted by Gasteiger charge is -2.25. The average molecular weight is 216 g/mol. The highest BCUT2D eigenvalue weighted by Gasteiger charge is 2.09. The van der Waals surface area contributed by atoms with Gasteiger partial charge in [0.2, 0.25) is 0 Å². The van der Waals surface area contributed by atoms with Crippen LogP contribution >= 0.6 is 0 Å². The van der Waals surface area contributed by atoms with Gasteiger partial charge in [-0.2, -0.15) is 0 Å². The van der Waals surface area contributed by atoms with Crippen LogP contribution in [0.15, 0.2) is 0 Å². The molecule has 0 atom stereocenters. The summed E-state index contributed by atoms with van der Waals surface area (Å²) in [7, 11) is 0. The van der Waals surface area contributed by atoms with E-state index in [4.69, 9.17) is 5.11 Å². The van der Waals surface area contributed by atoms with Crippen molar-refractivity contribution in [1.29, 1.82) is 0 Å². The normalized spacial score (nSPS) is 12.4. The van der Waals surface area contributed by atoms with Crippen LogP contribution in [0.3, 0.4) is 0 Å². The van der Waals surface area contributed by atoms with Crippen LogP contribution < -0.4 is 5.32 Å². The minimum atomic E-state index is 0.190. The second kappa shape index (κ2) is 8.08. The third kappa shape index (κ3) is 10.2. The summed E-state index contributed by atoms with van der Waals surface area (Å²) in [6.45, 7) is 12.9. The summed E-state index contributed by atoms with van der Waals surface area (Å²) >= 11 is 0. The molecule has 0 fully saturated rings. The Balaban J connectivity index is 3.65. The maximum absolute atomic E-state index is 8.93. The molecule has 0 aliphatic heterocycles. The van der Waals surface area contributed by atoms with Crippen molar-refractivity contribution < 1.29 is 5.11 Å². The van der Waals surface area contributed by atoms with E-state index >= 15 is 0 Å². The number of nitrogens with one attached hydrogen (secondary N) is 1. The predicted octanol–water partition coefficient (Wildman–Crippen LogP) is 1.47. The molecule has 15 heavy (non-hydrogen) atoms. The fourth-order valence-corrected chi connectivity index (χ4v) is 1.45. The zero-order valence-corrected chi connectivity index (χ0v) is 10.8. The summed E-state index contributed by atoms with van der Waals surface area (Å²) in [6, 6.07) is 0. The lowest BCUT2D eigenvalue weighted by molar-refractivity contribution is 0.190. The van der Waals surface area contributed by atoms with Crippen molar-refractivity contribution in [3.63, 3.8) is 0 Å². The van der Waals surface area contributed by atoms with Crippen LogP contribution in [0.25, 0.3) is 0 Å². The summed E-state index contributed by atoms with van der Waals surface area (Å²) in [5.74, 6) is 0. The molecule has 3 nitrogen and oxygen atoms in total. The van der Waals surface area contributed by atoms with Crippen molar-refractivity contribution in [1.82, 2.24) is 10.2 Å². The van der Waals surface area contributed by atoms with Gasteiger partial charge in [0.15, 0.2) is 0 Å². The van der Waals surface area contributed by atoms with Crippen molar-refractivity contribution in [3.8, 4) is 0 Å². The van der Waals surface area contributed by atoms with Crippen LogP contribution in [-0.4, -0.2) is 48.3 Å². The van der Waals surface area contributed by atoms with Crippen molar-refractivity contribution in [3.05, 3.63) is 0 Å². The molecule has 0 heterocycles. The van der Waals surface area contributed by atoms with Crippen LogP contribution in [0.5, 0.6) is 0 Å². The molecule has 0 aromatic heterocycles. The molecule has 0 radical (unpaired) electrons. The molecule has 0 rings (SSSR count). The van der Waals surface area contributed by atoms with Crippen molar-refractivity contribution in [2.45, 2.75) is 46.1 Å². The molecule has 3 heteroatoms. The van der Waals surface area contributed by atoms with E-state index in [2.05, 4.69) is 37.9 Å². The molecule has 0 saturated carbocycles. The Labute approximate surface area is 94.9 Å². The van der Waals surface area contributed by atoms with Crippen LogP contribution in [0.1, 0.15) is 40.5 Å². The van der Waals surface area contributed by atoms with E-state index in [0.717, 1.165) is 26.2 Å². The van der Waals surface area contributed by atoms with E-state index < -0.39 is 0 Å². The molecule has 92 valence electrons. The summed E-state index contributed by atoms with van der Waals surface area (Å²) in [6.07, 6.45) is 2.43. The van der Waals surface area contributed by atoms with Gasteiger partial charge >= 0.3 is 0 Å². The Morgan fingerprint density at radius 2 is 1.80 bits per heavy atom. The Morgan fingerprint density at radius 1 is 1.13 bits per heavy atom. The molecular weight excluding hydrogens is 188 g/mol. The lowest BCUT2D eigenvalue weighted by Crippen LogP contribution is -2.42. The minimum absolute atomic E-state index is 0.190. The molecule has 0 aromatic carbocycles. The largest absolute Gasteiger partial charge is 0.395 e. The van der Waals surface area contributed by atoms with Gasteiger partial charge in [-0.25, -0.2) is 0 Å². The van der Waals surface area contributed by atoms with Gasteiger partial charge in [0.1, 0.15) is 0 Å². The van der Waals surface area contributed by atoms with Gasteiger partial charge in [-0.15, -0.1) is 0 Å². The molecule has 0 unspecified atom stereocenters. The van der Waals surface area contributed by atoms with Gasteiger partial charge in [-0.1, -0.05) is 13.3 Å². The zero-order chi connectivity index (χ0) is 11.7. The topological polar surface area (TPSA) is 35.5 Å². The summed E-state index contributed by atoms with van der Waals surface area (Å²) < 4.78 is 0. The van der Waals surface area contributed by atoms with Crippen molar-refractivity contribution in [2.24, 2.45) is 0 Å². The van der Waals surface area contributed by atoms with E-state index in [9.17, 15) is 0 Å². The second-order valence-corrected chi connectivity index (χ2v) is 5.10. The van der Waals surface area contributed by atoms with E-state index in [1.165, 1.54) is 12.8 Å². The highest BCUT2D eigenvalue weighted by molar-refractivity contribution is 4.71. The van der Waals surface area contributed by atoms with Crippen LogP contribution in [0.2, 0.25) is 0 Å². The first-order valence-corrected chi connectivity index (χ1v) is 6.08. The Bertz CT molecular complexity index is 143. The molecule has 2 N–H and O–H groups in total. The minimum Gasteiger partial charge on any atom is -0.395 e. The maximum atomic E-state index is 8.93. The number of hydrogen-bond acceptors (Lipinski definition) is 3. The standard InChI is InChI=1S/C12H28N2O/c1-5-6-8-14(10-11-15)9-7-13-12(2,3)4/h13,15H,5-11H2,1-4H3. The Morgan fingerprint density at radius 3 is 2.27 bits per heavy atom. The summed E-state index contributed by atoms with van der Waals surface area (Å²) in [5, 5.41) is 12.4. The van der Waals surface area contributed by atoms with Crippen LogP contribution in [-0.2, 0) is 0 Å². The van der Waals surface area contributed by atoms with Gasteiger partial charge in [0, 0.05) is 25.2 Å². The monoisotopic (exact) mass is 216 g/mol. The quantitative estimate of drug-likeness (QED) is 0.645. The fourth-order valence-electron chi connectivity index (χ4n) is 1.45. The van der Waals surface area contributed by atoms with Gasteiger partial charge in [-0.05, 0) is 33.7 Å². The number of hydrogen-bond donors (Lipinski definition) is 2. The molecule has 0 spiro atoms. The third-order valence-corrected chi connectivity index (χ3v) is 2.33. The van der Waals surface area contributed by atoms with Gasteiger partial charge in [0.25, 0.3) is 0 Å². The Hall–Kier alpha value is -0.120. The van der Waals surface area contributed by atoms with E-state index in [-0.39, 0.29) is 12.1 Å². The number of unbranched alkanes of at least 4 members (excludes halogenated alkanes) is 1. The SMILES string of the molecule is CCCCN(CCO)CCNC(C)(C)C. The first-order valence-electron chi connectivity index (χ1n) is 6.08. The highest BCUT2D eigenvalue weighted by atomic mass is 16.3. The highest BCUT2D eigenvalue weighted by Crippen LogP contribution is 1.98. The van der Waals surface area contributed by atoms with E-state index in [0.29, 0.717) is 0 Å². The number of nitrogens with zero attached hydrogens (tertiary/aromatic N) is 1. The maximum Gasteiger partial charge on any atom is 0.0558 e. The molecule has 0 aliphatic rings. The Kier molecular flexibility index (Phi) is 8.02. The van der Waals surface area contributed by atoms with Crippen molar-refractivity contribution >= 4 is 0 Å². The van der Waals surface area contributed by atoms with Crippen LogP contribution in [0.4, 0.5) is 0 Å². The fraction of sp³-hybridized carbons (Fsp3) is 1.00. The number of aliphatic hydroxyl groups is 1. The number of rotatable bonds is 8. The molecular formula is C12H28N2O. The van der Waals surface area contributed by atoms with Gasteiger partial charge in [0.05, 0.1) is 6.61 Å². The predicted molar refractivity (Wildman–Crippen MR) is 66.2 cm³/mol. The molecule has 0 bridgehead atoms. The summed E-state index contributed by atoms with van der Waals surface area (Å²) in [4.78, 5) is 2.32. The molecule has 0 saturated heterocycles. The lowest BCUT2D eigenvalue weighted by atomic mass is 10.1. The first-order chi connectivity index (χ1) is 6.99.